The van der Waals surface area contributed by atoms with Gasteiger partial charge in [0.15, 0.2) is 5.82 Å². The predicted molar refractivity (Wildman–Crippen MR) is 78.5 cm³/mol. The highest BCUT2D eigenvalue weighted by Gasteiger charge is 2.13. The van der Waals surface area contributed by atoms with E-state index in [1.54, 1.807) is 4.68 Å². The first-order chi connectivity index (χ1) is 9.66. The van der Waals surface area contributed by atoms with Gasteiger partial charge in [0, 0.05) is 11.3 Å². The Morgan fingerprint density at radius 3 is 2.65 bits per heavy atom. The van der Waals surface area contributed by atoms with Gasteiger partial charge in [-0.05, 0) is 53.6 Å². The first-order valence-corrected chi connectivity index (χ1v) is 6.37. The van der Waals surface area contributed by atoms with E-state index in [2.05, 4.69) is 15.5 Å². The zero-order chi connectivity index (χ0) is 14.1. The molecule has 20 heavy (non-hydrogen) atoms. The highest BCUT2D eigenvalue weighted by Crippen LogP contribution is 2.26. The summed E-state index contributed by atoms with van der Waals surface area (Å²) in [5.41, 5.74) is 10.7. The van der Waals surface area contributed by atoms with E-state index in [0.717, 1.165) is 28.1 Å². The van der Waals surface area contributed by atoms with Crippen molar-refractivity contribution in [3.63, 3.8) is 0 Å². The minimum absolute atomic E-state index is 0.695. The first-order valence-electron chi connectivity index (χ1n) is 6.37. The molecule has 0 bridgehead atoms. The number of nitrogen functional groups attached to an aromatic ring is 1. The number of benzene rings is 2. The van der Waals surface area contributed by atoms with Gasteiger partial charge in [0.1, 0.15) is 0 Å². The summed E-state index contributed by atoms with van der Waals surface area (Å²) in [7, 11) is 0. The Morgan fingerprint density at radius 2 is 1.85 bits per heavy atom. The van der Waals surface area contributed by atoms with E-state index in [1.807, 2.05) is 56.3 Å². The molecule has 0 radical (unpaired) electrons. The number of rotatable bonds is 2. The first kappa shape index (κ1) is 12.3. The van der Waals surface area contributed by atoms with Crippen molar-refractivity contribution in [1.82, 2.24) is 20.2 Å². The average Bonchev–Trinajstić information content (AvgIpc) is 2.91. The summed E-state index contributed by atoms with van der Waals surface area (Å²) in [4.78, 5) is 0. The third-order valence-corrected chi connectivity index (χ3v) is 3.33. The number of tetrazole rings is 1. The van der Waals surface area contributed by atoms with E-state index in [-0.39, 0.29) is 0 Å². The number of hydrogen-bond acceptors (Lipinski definition) is 4. The van der Waals surface area contributed by atoms with Crippen LogP contribution in [0, 0.1) is 13.8 Å². The minimum Gasteiger partial charge on any atom is -0.398 e. The predicted octanol–water partition coefficient (Wildman–Crippen LogP) is 2.53. The summed E-state index contributed by atoms with van der Waals surface area (Å²) in [5, 5.41) is 12.0. The highest BCUT2D eigenvalue weighted by atomic mass is 15.5. The van der Waals surface area contributed by atoms with Crippen molar-refractivity contribution >= 4 is 5.69 Å². The third kappa shape index (κ3) is 2.03. The van der Waals surface area contributed by atoms with Crippen molar-refractivity contribution in [3.8, 4) is 17.1 Å². The second-order valence-electron chi connectivity index (χ2n) is 4.77. The van der Waals surface area contributed by atoms with Gasteiger partial charge < -0.3 is 5.73 Å². The maximum absolute atomic E-state index is 5.96. The molecule has 1 heterocycles. The fourth-order valence-electron chi connectivity index (χ4n) is 2.18. The lowest BCUT2D eigenvalue weighted by molar-refractivity contribution is 0.790. The Kier molecular flexibility index (Phi) is 2.95. The van der Waals surface area contributed by atoms with E-state index < -0.39 is 0 Å². The molecule has 0 saturated heterocycles. The zero-order valence-electron chi connectivity index (χ0n) is 11.4. The van der Waals surface area contributed by atoms with Crippen molar-refractivity contribution in [1.29, 1.82) is 0 Å². The number of hydrogen-bond donors (Lipinski definition) is 1. The van der Waals surface area contributed by atoms with E-state index >= 15 is 0 Å². The third-order valence-electron chi connectivity index (χ3n) is 3.33. The number of nitrogens with zero attached hydrogens (tertiary/aromatic N) is 4. The second kappa shape index (κ2) is 4.77. The van der Waals surface area contributed by atoms with E-state index in [0.29, 0.717) is 5.82 Å². The molecule has 5 nitrogen and oxygen atoms in total. The van der Waals surface area contributed by atoms with Crippen LogP contribution in [0.4, 0.5) is 5.69 Å². The van der Waals surface area contributed by atoms with Gasteiger partial charge in [0.25, 0.3) is 0 Å². The molecule has 5 heteroatoms. The second-order valence-corrected chi connectivity index (χ2v) is 4.77. The lowest BCUT2D eigenvalue weighted by atomic mass is 10.1. The number of aryl methyl sites for hydroxylation is 1. The summed E-state index contributed by atoms with van der Waals surface area (Å²) in [6.45, 7) is 4.01. The van der Waals surface area contributed by atoms with Crippen LogP contribution in [-0.2, 0) is 0 Å². The van der Waals surface area contributed by atoms with Crippen LogP contribution < -0.4 is 5.73 Å². The van der Waals surface area contributed by atoms with Crippen molar-refractivity contribution in [3.05, 3.63) is 53.6 Å². The summed E-state index contributed by atoms with van der Waals surface area (Å²) >= 11 is 0. The van der Waals surface area contributed by atoms with Crippen LogP contribution in [-0.4, -0.2) is 20.2 Å². The van der Waals surface area contributed by atoms with Crippen molar-refractivity contribution in [2.45, 2.75) is 13.8 Å². The molecule has 1 aromatic heterocycles. The average molecular weight is 265 g/mol. The van der Waals surface area contributed by atoms with E-state index in [9.17, 15) is 0 Å². The maximum atomic E-state index is 5.96. The molecular weight excluding hydrogens is 250 g/mol. The summed E-state index contributed by atoms with van der Waals surface area (Å²) in [6.07, 6.45) is 0. The van der Waals surface area contributed by atoms with Gasteiger partial charge in [0.05, 0.1) is 5.69 Å². The minimum atomic E-state index is 0.695. The van der Waals surface area contributed by atoms with Crippen LogP contribution in [0.2, 0.25) is 0 Å². The molecule has 2 N–H and O–H groups in total. The molecule has 3 aromatic rings. The lowest BCUT2D eigenvalue weighted by Crippen LogP contribution is -2.02. The molecular formula is C15H15N5. The molecule has 0 fully saturated rings. The monoisotopic (exact) mass is 265 g/mol. The highest BCUT2D eigenvalue weighted by molar-refractivity contribution is 5.68. The normalized spacial score (nSPS) is 10.7. The van der Waals surface area contributed by atoms with Crippen LogP contribution in [0.25, 0.3) is 17.1 Å². The van der Waals surface area contributed by atoms with Gasteiger partial charge >= 0.3 is 0 Å². The molecule has 100 valence electrons. The van der Waals surface area contributed by atoms with Gasteiger partial charge in [-0.3, -0.25) is 0 Å². The van der Waals surface area contributed by atoms with Crippen LogP contribution in [0.3, 0.4) is 0 Å². The molecule has 0 spiro atoms. The number of nitrogens with two attached hydrogens (primary N) is 1. The number of anilines is 1. The summed E-state index contributed by atoms with van der Waals surface area (Å²) in [6, 6.07) is 13.8. The van der Waals surface area contributed by atoms with Crippen molar-refractivity contribution < 1.29 is 0 Å². The van der Waals surface area contributed by atoms with Gasteiger partial charge in [-0.25, -0.2) is 0 Å². The van der Waals surface area contributed by atoms with Gasteiger partial charge in [-0.1, -0.05) is 24.3 Å². The zero-order valence-corrected chi connectivity index (χ0v) is 11.4. The quantitative estimate of drug-likeness (QED) is 0.723. The molecule has 0 aliphatic heterocycles. The Balaban J connectivity index is 2.18. The van der Waals surface area contributed by atoms with E-state index in [4.69, 9.17) is 5.73 Å². The maximum Gasteiger partial charge on any atom is 0.187 e. The smallest absolute Gasteiger partial charge is 0.187 e. The summed E-state index contributed by atoms with van der Waals surface area (Å²) < 4.78 is 1.73. The van der Waals surface area contributed by atoms with E-state index in [1.165, 1.54) is 0 Å². The van der Waals surface area contributed by atoms with Crippen LogP contribution in [0.15, 0.2) is 42.5 Å². The van der Waals surface area contributed by atoms with Crippen molar-refractivity contribution in [2.24, 2.45) is 0 Å². The molecule has 0 atom stereocenters. The topological polar surface area (TPSA) is 69.6 Å². The fraction of sp³-hybridized carbons (Fsp3) is 0.133. The Hall–Kier alpha value is -2.69. The Labute approximate surface area is 117 Å². The molecule has 0 aliphatic carbocycles. The van der Waals surface area contributed by atoms with Crippen molar-refractivity contribution in [2.75, 3.05) is 5.73 Å². The molecule has 0 saturated carbocycles. The number of aromatic nitrogens is 4. The largest absolute Gasteiger partial charge is 0.398 e. The Bertz CT molecular complexity index is 760. The van der Waals surface area contributed by atoms with Crippen LogP contribution in [0.1, 0.15) is 11.1 Å². The fourth-order valence-corrected chi connectivity index (χ4v) is 2.18. The molecule has 3 rings (SSSR count). The van der Waals surface area contributed by atoms with Gasteiger partial charge in [0.2, 0.25) is 0 Å². The summed E-state index contributed by atoms with van der Waals surface area (Å²) in [5.74, 6) is 0.695. The molecule has 2 aromatic carbocycles. The molecule has 0 aliphatic rings. The Morgan fingerprint density at radius 1 is 1.05 bits per heavy atom. The van der Waals surface area contributed by atoms with Gasteiger partial charge in [-0.15, -0.1) is 5.10 Å². The van der Waals surface area contributed by atoms with Crippen LogP contribution in [0.5, 0.6) is 0 Å². The molecule has 0 unspecified atom stereocenters. The standard InChI is InChI=1S/C15H15N5/c1-10-5-3-6-12(9-10)20-15(17-18-19-20)13-7-4-8-14(16)11(13)2/h3-9H,16H2,1-2H3. The molecule has 0 amide bonds. The SMILES string of the molecule is Cc1cccc(-n2nnnc2-c2cccc(N)c2C)c1. The van der Waals surface area contributed by atoms with Gasteiger partial charge in [-0.2, -0.15) is 4.68 Å². The van der Waals surface area contributed by atoms with Crippen LogP contribution >= 0.6 is 0 Å². The lowest BCUT2D eigenvalue weighted by Gasteiger charge is -2.09.